The number of carboxylic acid groups (broad SMARTS) is 1. The number of benzene rings is 1. The first kappa shape index (κ1) is 16.9. The number of carboxylic acids is 1. The first-order chi connectivity index (χ1) is 9.92. The van der Waals surface area contributed by atoms with Gasteiger partial charge in [0.05, 0.1) is 12.0 Å². The molecule has 0 saturated heterocycles. The molecule has 1 aromatic carbocycles. The van der Waals surface area contributed by atoms with E-state index in [-0.39, 0.29) is 18.8 Å². The number of rotatable bonds is 8. The van der Waals surface area contributed by atoms with Crippen molar-refractivity contribution in [1.82, 2.24) is 5.32 Å². The summed E-state index contributed by atoms with van der Waals surface area (Å²) in [4.78, 5) is 22.8. The molecule has 5 nitrogen and oxygen atoms in total. The third-order valence-corrected chi connectivity index (χ3v) is 3.44. The number of amides is 1. The van der Waals surface area contributed by atoms with E-state index in [0.717, 1.165) is 0 Å². The smallest absolute Gasteiger partial charge is 0.305 e. The number of carbonyl (C=O) groups is 2. The molecule has 0 spiro atoms. The van der Waals surface area contributed by atoms with Crippen molar-refractivity contribution < 1.29 is 23.8 Å². The van der Waals surface area contributed by atoms with Crippen molar-refractivity contribution in [2.24, 2.45) is 0 Å². The molecule has 1 rings (SSSR count). The summed E-state index contributed by atoms with van der Waals surface area (Å²) in [7, 11) is 0. The van der Waals surface area contributed by atoms with Gasteiger partial charge in [0.1, 0.15) is 0 Å². The third kappa shape index (κ3) is 5.06. The summed E-state index contributed by atoms with van der Waals surface area (Å²) in [6, 6.07) is 5.78. The third-order valence-electron chi connectivity index (χ3n) is 3.44. The van der Waals surface area contributed by atoms with Crippen molar-refractivity contribution in [2.75, 3.05) is 6.61 Å². The zero-order valence-electron chi connectivity index (χ0n) is 12.2. The van der Waals surface area contributed by atoms with E-state index in [9.17, 15) is 14.0 Å². The fourth-order valence-corrected chi connectivity index (χ4v) is 2.05. The van der Waals surface area contributed by atoms with Gasteiger partial charge in [-0.05, 0) is 25.0 Å². The highest BCUT2D eigenvalue weighted by atomic mass is 19.1. The molecular formula is C15H20FNO4. The number of hydrogen-bond donors (Lipinski definition) is 2. The summed E-state index contributed by atoms with van der Waals surface area (Å²) >= 11 is 0. The molecule has 0 aliphatic heterocycles. The number of hydrogen-bond acceptors (Lipinski definition) is 3. The van der Waals surface area contributed by atoms with Crippen molar-refractivity contribution >= 4 is 11.9 Å². The van der Waals surface area contributed by atoms with Gasteiger partial charge in [0.2, 0.25) is 0 Å². The molecule has 0 unspecified atom stereocenters. The average molecular weight is 297 g/mol. The molecule has 0 aromatic heterocycles. The zero-order chi connectivity index (χ0) is 15.9. The lowest BCUT2D eigenvalue weighted by Gasteiger charge is -2.31. The Balaban J connectivity index is 2.62. The van der Waals surface area contributed by atoms with E-state index in [1.54, 1.807) is 6.07 Å². The molecule has 6 heteroatoms. The van der Waals surface area contributed by atoms with Gasteiger partial charge in [-0.3, -0.25) is 9.59 Å². The van der Waals surface area contributed by atoms with Crippen LogP contribution < -0.4 is 10.1 Å². The van der Waals surface area contributed by atoms with Gasteiger partial charge < -0.3 is 15.2 Å². The highest BCUT2D eigenvalue weighted by Gasteiger charge is 2.31. The molecule has 0 heterocycles. The molecular weight excluding hydrogens is 277 g/mol. The second-order valence-corrected chi connectivity index (χ2v) is 4.83. The standard InChI is InChI=1S/C15H20FNO4/c1-3-15(4-2,9-14(19)20)17-13(18)10-21-12-8-6-5-7-11(12)16/h5-8H,3-4,9-10H2,1-2H3,(H,17,18)(H,19,20). The summed E-state index contributed by atoms with van der Waals surface area (Å²) in [5.74, 6) is -2.00. The number of nitrogens with one attached hydrogen (secondary N) is 1. The molecule has 0 aliphatic carbocycles. The molecule has 1 aromatic rings. The molecule has 2 N–H and O–H groups in total. The Hall–Kier alpha value is -2.11. The van der Waals surface area contributed by atoms with Crippen LogP contribution in [0.5, 0.6) is 5.75 Å². The Morgan fingerprint density at radius 1 is 1.29 bits per heavy atom. The lowest BCUT2D eigenvalue weighted by Crippen LogP contribution is -2.50. The molecule has 0 fully saturated rings. The molecule has 0 atom stereocenters. The van der Waals surface area contributed by atoms with Crippen LogP contribution in [-0.2, 0) is 9.59 Å². The highest BCUT2D eigenvalue weighted by molar-refractivity contribution is 5.79. The monoisotopic (exact) mass is 297 g/mol. The Kier molecular flexibility index (Phi) is 6.14. The van der Waals surface area contributed by atoms with Gasteiger partial charge in [0.15, 0.2) is 18.2 Å². The van der Waals surface area contributed by atoms with Crippen LogP contribution in [0.25, 0.3) is 0 Å². The highest BCUT2D eigenvalue weighted by Crippen LogP contribution is 2.20. The second-order valence-electron chi connectivity index (χ2n) is 4.83. The predicted molar refractivity (Wildman–Crippen MR) is 75.6 cm³/mol. The van der Waals surface area contributed by atoms with E-state index >= 15 is 0 Å². The largest absolute Gasteiger partial charge is 0.481 e. The number of para-hydroxylation sites is 1. The van der Waals surface area contributed by atoms with Crippen molar-refractivity contribution in [3.8, 4) is 5.75 Å². The Morgan fingerprint density at radius 2 is 1.90 bits per heavy atom. The minimum atomic E-state index is -0.978. The summed E-state index contributed by atoms with van der Waals surface area (Å²) in [5, 5.41) is 11.6. The van der Waals surface area contributed by atoms with E-state index < -0.39 is 23.2 Å². The summed E-state index contributed by atoms with van der Waals surface area (Å²) in [6.07, 6.45) is 0.813. The quantitative estimate of drug-likeness (QED) is 0.772. The van der Waals surface area contributed by atoms with E-state index in [1.165, 1.54) is 18.2 Å². The molecule has 21 heavy (non-hydrogen) atoms. The van der Waals surface area contributed by atoms with Crippen LogP contribution in [0.2, 0.25) is 0 Å². The van der Waals surface area contributed by atoms with Crippen molar-refractivity contribution in [1.29, 1.82) is 0 Å². The van der Waals surface area contributed by atoms with Gasteiger partial charge in [0, 0.05) is 0 Å². The molecule has 0 saturated carbocycles. The number of ether oxygens (including phenoxy) is 1. The van der Waals surface area contributed by atoms with Gasteiger partial charge in [-0.2, -0.15) is 0 Å². The maximum absolute atomic E-state index is 13.3. The lowest BCUT2D eigenvalue weighted by atomic mass is 9.89. The van der Waals surface area contributed by atoms with Crippen LogP contribution in [0.1, 0.15) is 33.1 Å². The fraction of sp³-hybridized carbons (Fsp3) is 0.467. The van der Waals surface area contributed by atoms with Gasteiger partial charge in [-0.15, -0.1) is 0 Å². The van der Waals surface area contributed by atoms with Gasteiger partial charge in [-0.1, -0.05) is 26.0 Å². The van der Waals surface area contributed by atoms with Crippen molar-refractivity contribution in [2.45, 2.75) is 38.6 Å². The van der Waals surface area contributed by atoms with Gasteiger partial charge in [0.25, 0.3) is 5.91 Å². The predicted octanol–water partition coefficient (Wildman–Crippen LogP) is 2.35. The van der Waals surface area contributed by atoms with E-state index in [2.05, 4.69) is 5.32 Å². The second kappa shape index (κ2) is 7.61. The van der Waals surface area contributed by atoms with Crippen molar-refractivity contribution in [3.05, 3.63) is 30.1 Å². The van der Waals surface area contributed by atoms with Crippen LogP contribution >= 0.6 is 0 Å². The Morgan fingerprint density at radius 3 is 2.43 bits per heavy atom. The summed E-state index contributed by atoms with van der Waals surface area (Å²) < 4.78 is 18.5. The van der Waals surface area contributed by atoms with E-state index in [4.69, 9.17) is 9.84 Å². The maximum Gasteiger partial charge on any atom is 0.305 e. The van der Waals surface area contributed by atoms with Crippen LogP contribution in [0, 0.1) is 5.82 Å². The number of halogens is 1. The minimum Gasteiger partial charge on any atom is -0.481 e. The van der Waals surface area contributed by atoms with Gasteiger partial charge in [-0.25, -0.2) is 4.39 Å². The zero-order valence-corrected chi connectivity index (χ0v) is 12.2. The van der Waals surface area contributed by atoms with Gasteiger partial charge >= 0.3 is 5.97 Å². The van der Waals surface area contributed by atoms with E-state index in [1.807, 2.05) is 13.8 Å². The first-order valence-electron chi connectivity index (χ1n) is 6.82. The van der Waals surface area contributed by atoms with Crippen LogP contribution in [0.15, 0.2) is 24.3 Å². The average Bonchev–Trinajstić information content (AvgIpc) is 2.45. The number of carbonyl (C=O) groups excluding carboxylic acids is 1. The first-order valence-corrected chi connectivity index (χ1v) is 6.82. The van der Waals surface area contributed by atoms with Crippen molar-refractivity contribution in [3.63, 3.8) is 0 Å². The van der Waals surface area contributed by atoms with E-state index in [0.29, 0.717) is 12.8 Å². The fourth-order valence-electron chi connectivity index (χ4n) is 2.05. The molecule has 116 valence electrons. The number of aliphatic carboxylic acids is 1. The molecule has 0 aliphatic rings. The Bertz CT molecular complexity index is 500. The molecule has 1 amide bonds. The maximum atomic E-state index is 13.3. The molecule has 0 bridgehead atoms. The summed E-state index contributed by atoms with van der Waals surface area (Å²) in [5.41, 5.74) is -0.804. The topological polar surface area (TPSA) is 75.6 Å². The SMILES string of the molecule is CCC(CC)(CC(=O)O)NC(=O)COc1ccccc1F. The lowest BCUT2D eigenvalue weighted by molar-refractivity contribution is -0.139. The van der Waals surface area contributed by atoms with Crippen LogP contribution in [0.4, 0.5) is 4.39 Å². The van der Waals surface area contributed by atoms with Crippen LogP contribution in [0.3, 0.4) is 0 Å². The normalized spacial score (nSPS) is 11.0. The van der Waals surface area contributed by atoms with Crippen LogP contribution in [-0.4, -0.2) is 29.1 Å². The minimum absolute atomic E-state index is 0.00974. The summed E-state index contributed by atoms with van der Waals surface area (Å²) in [6.45, 7) is 3.26. The molecule has 0 radical (unpaired) electrons. The Labute approximate surface area is 123 Å².